The van der Waals surface area contributed by atoms with Crippen LogP contribution < -0.4 is 15.6 Å². The van der Waals surface area contributed by atoms with E-state index in [1.807, 2.05) is 6.07 Å². The number of nitro groups is 1. The number of rotatable bonds is 7. The molecule has 0 unspecified atom stereocenters. The number of hydrogen-bond acceptors (Lipinski definition) is 6. The van der Waals surface area contributed by atoms with Crippen molar-refractivity contribution < 1.29 is 22.9 Å². The fraction of sp³-hybridized carbons (Fsp3) is 0.0909. The largest absolute Gasteiger partial charge is 0.270 e. The Labute approximate surface area is 189 Å². The van der Waals surface area contributed by atoms with Crippen LogP contribution in [-0.4, -0.2) is 25.2 Å². The maximum absolute atomic E-state index is 12.7. The van der Waals surface area contributed by atoms with Gasteiger partial charge in [-0.05, 0) is 36.2 Å². The molecule has 170 valence electrons. The number of aryl methyl sites for hydroxylation is 1. The van der Waals surface area contributed by atoms with Gasteiger partial charge in [-0.2, -0.15) is 0 Å². The molecule has 33 heavy (non-hydrogen) atoms. The van der Waals surface area contributed by atoms with Crippen LogP contribution in [0.2, 0.25) is 0 Å². The summed E-state index contributed by atoms with van der Waals surface area (Å²) in [7, 11) is -3.90. The number of carbonyl (C=O) groups is 2. The second kappa shape index (κ2) is 10.0. The summed E-state index contributed by atoms with van der Waals surface area (Å²) in [5.41, 5.74) is 5.37. The maximum atomic E-state index is 12.7. The number of amides is 2. The average Bonchev–Trinajstić information content (AvgIpc) is 2.82. The van der Waals surface area contributed by atoms with Crippen LogP contribution in [0.25, 0.3) is 0 Å². The SMILES string of the molecule is Cc1ccc(S(=O)(=O)NCc2ccccc2)cc1C(=O)NNC(=O)c1cccc([N+](=O)[O-])c1. The van der Waals surface area contributed by atoms with Gasteiger partial charge in [-0.1, -0.05) is 42.5 Å². The van der Waals surface area contributed by atoms with Crippen molar-refractivity contribution in [1.82, 2.24) is 15.6 Å². The number of carbonyl (C=O) groups excluding carboxylic acids is 2. The van der Waals surface area contributed by atoms with E-state index in [-0.39, 0.29) is 28.3 Å². The first-order chi connectivity index (χ1) is 15.7. The highest BCUT2D eigenvalue weighted by molar-refractivity contribution is 7.89. The molecule has 3 rings (SSSR count). The predicted molar refractivity (Wildman–Crippen MR) is 120 cm³/mol. The monoisotopic (exact) mass is 468 g/mol. The van der Waals surface area contributed by atoms with E-state index in [0.29, 0.717) is 5.56 Å². The summed E-state index contributed by atoms with van der Waals surface area (Å²) < 4.78 is 27.8. The third-order valence-electron chi connectivity index (χ3n) is 4.68. The van der Waals surface area contributed by atoms with Crippen molar-refractivity contribution in [2.24, 2.45) is 0 Å². The van der Waals surface area contributed by atoms with Gasteiger partial charge in [0.15, 0.2) is 0 Å². The molecule has 3 N–H and O–H groups in total. The van der Waals surface area contributed by atoms with Crippen LogP contribution in [0.5, 0.6) is 0 Å². The van der Waals surface area contributed by atoms with Gasteiger partial charge >= 0.3 is 0 Å². The molecule has 0 aliphatic carbocycles. The molecular weight excluding hydrogens is 448 g/mol. The average molecular weight is 468 g/mol. The molecule has 0 saturated heterocycles. The number of benzene rings is 3. The smallest absolute Gasteiger partial charge is 0.267 e. The number of hydrazine groups is 1. The van der Waals surface area contributed by atoms with Crippen molar-refractivity contribution >= 4 is 27.5 Å². The van der Waals surface area contributed by atoms with Gasteiger partial charge in [-0.15, -0.1) is 0 Å². The van der Waals surface area contributed by atoms with Crippen LogP contribution >= 0.6 is 0 Å². The van der Waals surface area contributed by atoms with Gasteiger partial charge in [-0.25, -0.2) is 13.1 Å². The van der Waals surface area contributed by atoms with Crippen LogP contribution in [-0.2, 0) is 16.6 Å². The lowest BCUT2D eigenvalue weighted by Crippen LogP contribution is -2.42. The zero-order valence-electron chi connectivity index (χ0n) is 17.4. The van der Waals surface area contributed by atoms with Crippen LogP contribution in [0.3, 0.4) is 0 Å². The Morgan fingerprint density at radius 3 is 2.30 bits per heavy atom. The highest BCUT2D eigenvalue weighted by atomic mass is 32.2. The van der Waals surface area contributed by atoms with E-state index < -0.39 is 26.8 Å². The minimum absolute atomic E-state index is 0.0253. The predicted octanol–water partition coefficient (Wildman–Crippen LogP) is 2.46. The highest BCUT2D eigenvalue weighted by Crippen LogP contribution is 2.17. The Kier molecular flexibility index (Phi) is 7.16. The number of non-ortho nitro benzene ring substituents is 1. The molecule has 0 bridgehead atoms. The fourth-order valence-electron chi connectivity index (χ4n) is 2.88. The summed E-state index contributed by atoms with van der Waals surface area (Å²) in [6, 6.07) is 18.0. The Morgan fingerprint density at radius 2 is 1.61 bits per heavy atom. The van der Waals surface area contributed by atoms with Crippen LogP contribution in [0.1, 0.15) is 31.8 Å². The molecule has 0 aliphatic rings. The van der Waals surface area contributed by atoms with Crippen LogP contribution in [0.4, 0.5) is 5.69 Å². The minimum Gasteiger partial charge on any atom is -0.267 e. The van der Waals surface area contributed by atoms with Gasteiger partial charge in [0, 0.05) is 29.8 Å². The van der Waals surface area contributed by atoms with Gasteiger partial charge in [0.05, 0.1) is 9.82 Å². The molecule has 3 aromatic carbocycles. The lowest BCUT2D eigenvalue weighted by molar-refractivity contribution is -0.384. The molecule has 0 spiro atoms. The lowest BCUT2D eigenvalue weighted by atomic mass is 10.1. The zero-order valence-corrected chi connectivity index (χ0v) is 18.3. The third-order valence-corrected chi connectivity index (χ3v) is 6.08. The molecule has 0 fully saturated rings. The number of nitro benzene ring substituents is 1. The number of nitrogens with zero attached hydrogens (tertiary/aromatic N) is 1. The zero-order chi connectivity index (χ0) is 24.0. The second-order valence-electron chi connectivity index (χ2n) is 7.00. The summed E-state index contributed by atoms with van der Waals surface area (Å²) in [6.07, 6.45) is 0. The van der Waals surface area contributed by atoms with Crippen molar-refractivity contribution in [1.29, 1.82) is 0 Å². The van der Waals surface area contributed by atoms with Crippen molar-refractivity contribution in [3.63, 3.8) is 0 Å². The first kappa shape index (κ1) is 23.6. The van der Waals surface area contributed by atoms with Crippen LogP contribution in [0.15, 0.2) is 77.7 Å². The molecule has 0 heterocycles. The maximum Gasteiger partial charge on any atom is 0.270 e. The molecule has 0 aromatic heterocycles. The van der Waals surface area contributed by atoms with Crippen molar-refractivity contribution in [2.45, 2.75) is 18.4 Å². The first-order valence-corrected chi connectivity index (χ1v) is 11.1. The molecular formula is C22H20N4O6S. The second-order valence-corrected chi connectivity index (χ2v) is 8.77. The van der Waals surface area contributed by atoms with E-state index in [4.69, 9.17) is 0 Å². The van der Waals surface area contributed by atoms with Crippen molar-refractivity contribution in [2.75, 3.05) is 0 Å². The first-order valence-electron chi connectivity index (χ1n) is 9.67. The van der Waals surface area contributed by atoms with Gasteiger partial charge in [-0.3, -0.25) is 30.6 Å². The van der Waals surface area contributed by atoms with Crippen molar-refractivity contribution in [3.8, 4) is 0 Å². The highest BCUT2D eigenvalue weighted by Gasteiger charge is 2.19. The van der Waals surface area contributed by atoms with E-state index >= 15 is 0 Å². The summed E-state index contributed by atoms with van der Waals surface area (Å²) in [5, 5.41) is 10.9. The molecule has 0 saturated carbocycles. The summed E-state index contributed by atoms with van der Waals surface area (Å²) >= 11 is 0. The van der Waals surface area contributed by atoms with E-state index in [1.54, 1.807) is 31.2 Å². The Morgan fingerprint density at radius 1 is 0.909 bits per heavy atom. The normalized spacial score (nSPS) is 10.9. The Balaban J connectivity index is 1.70. The molecule has 0 atom stereocenters. The topological polar surface area (TPSA) is 148 Å². The third kappa shape index (κ3) is 5.99. The molecule has 3 aromatic rings. The fourth-order valence-corrected chi connectivity index (χ4v) is 3.93. The molecule has 2 amide bonds. The number of nitrogens with one attached hydrogen (secondary N) is 3. The van der Waals surface area contributed by atoms with E-state index in [2.05, 4.69) is 15.6 Å². The van der Waals surface area contributed by atoms with Gasteiger partial charge in [0.25, 0.3) is 17.5 Å². The summed E-state index contributed by atoms with van der Waals surface area (Å²) in [5.74, 6) is -1.51. The summed E-state index contributed by atoms with van der Waals surface area (Å²) in [6.45, 7) is 1.70. The van der Waals surface area contributed by atoms with E-state index in [9.17, 15) is 28.1 Å². The van der Waals surface area contributed by atoms with E-state index in [0.717, 1.165) is 11.6 Å². The minimum atomic E-state index is -3.90. The van der Waals surface area contributed by atoms with Gasteiger partial charge in [0.2, 0.25) is 10.0 Å². The number of hydrogen-bond donors (Lipinski definition) is 3. The molecule has 0 aliphatic heterocycles. The van der Waals surface area contributed by atoms with E-state index in [1.165, 1.54) is 36.4 Å². The lowest BCUT2D eigenvalue weighted by Gasteiger charge is -2.12. The van der Waals surface area contributed by atoms with Gasteiger partial charge in [0.1, 0.15) is 0 Å². The molecule has 11 heteroatoms. The quantitative estimate of drug-likeness (QED) is 0.358. The Hall–Kier alpha value is -4.09. The standard InChI is InChI=1S/C22H20N4O6S/c1-15-10-11-19(33(31,32)23-14-16-6-3-2-4-7-16)13-20(15)22(28)25-24-21(27)17-8-5-9-18(12-17)26(29)30/h2-13,23H,14H2,1H3,(H,24,27)(H,25,28). The number of sulfonamides is 1. The van der Waals surface area contributed by atoms with Gasteiger partial charge < -0.3 is 0 Å². The molecule has 10 nitrogen and oxygen atoms in total. The van der Waals surface area contributed by atoms with Crippen LogP contribution in [0, 0.1) is 17.0 Å². The molecule has 0 radical (unpaired) electrons. The summed E-state index contributed by atoms with van der Waals surface area (Å²) in [4.78, 5) is 34.9. The van der Waals surface area contributed by atoms with Crippen molar-refractivity contribution in [3.05, 3.63) is 105 Å². The Bertz CT molecular complexity index is 1310.